The van der Waals surface area contributed by atoms with Crippen LogP contribution in [0.5, 0.6) is 11.5 Å². The third kappa shape index (κ3) is 4.53. The van der Waals surface area contributed by atoms with Crippen molar-refractivity contribution in [3.05, 3.63) is 64.3 Å². The maximum absolute atomic E-state index is 13.8. The van der Waals surface area contributed by atoms with Crippen LogP contribution in [0.15, 0.2) is 47.4 Å². The van der Waals surface area contributed by atoms with Crippen molar-refractivity contribution in [3.63, 3.8) is 0 Å². The summed E-state index contributed by atoms with van der Waals surface area (Å²) >= 11 is 6.12. The molecule has 0 aromatic heterocycles. The van der Waals surface area contributed by atoms with Gasteiger partial charge in [0.1, 0.15) is 10.1 Å². The van der Waals surface area contributed by atoms with Gasteiger partial charge in [0, 0.05) is 0 Å². The minimum atomic E-state index is -0.823. The van der Waals surface area contributed by atoms with E-state index >= 15 is 0 Å². The molecule has 0 radical (unpaired) electrons. The molecule has 3 rings (SSSR count). The van der Waals surface area contributed by atoms with Crippen LogP contribution in [-0.4, -0.2) is 22.8 Å². The van der Waals surface area contributed by atoms with E-state index in [1.54, 1.807) is 31.2 Å². The van der Waals surface area contributed by atoms with E-state index in [9.17, 15) is 14.0 Å². The minimum absolute atomic E-state index is 0.159. The van der Waals surface area contributed by atoms with Crippen molar-refractivity contribution in [2.24, 2.45) is 0 Å². The second kappa shape index (κ2) is 8.32. The van der Waals surface area contributed by atoms with E-state index in [2.05, 4.69) is 5.32 Å². The number of benzene rings is 2. The third-order valence-corrected chi connectivity index (χ3v) is 4.67. The highest BCUT2D eigenvalue weighted by molar-refractivity contribution is 8.26. The van der Waals surface area contributed by atoms with Crippen molar-refractivity contribution in [3.8, 4) is 11.5 Å². The third-order valence-electron chi connectivity index (χ3n) is 3.50. The van der Waals surface area contributed by atoms with Gasteiger partial charge < -0.3 is 14.8 Å². The molecule has 2 aromatic rings. The lowest BCUT2D eigenvalue weighted by molar-refractivity contribution is -0.115. The normalized spacial score (nSPS) is 15.0. The van der Waals surface area contributed by atoms with E-state index in [-0.39, 0.29) is 17.2 Å². The van der Waals surface area contributed by atoms with Crippen LogP contribution >= 0.6 is 24.0 Å². The molecule has 138 valence electrons. The van der Waals surface area contributed by atoms with Gasteiger partial charge in [-0.05, 0) is 42.8 Å². The van der Waals surface area contributed by atoms with Crippen molar-refractivity contribution >= 4 is 46.3 Å². The molecule has 2 aromatic carbocycles. The molecule has 1 heterocycles. The largest absolute Gasteiger partial charge is 0.490 e. The highest BCUT2D eigenvalue weighted by Gasteiger charge is 2.22. The number of hydrogen-bond acceptors (Lipinski definition) is 6. The summed E-state index contributed by atoms with van der Waals surface area (Å²) in [7, 11) is 0. The molecule has 0 spiro atoms. The molecule has 27 heavy (non-hydrogen) atoms. The van der Waals surface area contributed by atoms with Crippen molar-refractivity contribution < 1.29 is 23.5 Å². The first-order chi connectivity index (χ1) is 13.0. The van der Waals surface area contributed by atoms with Crippen LogP contribution in [0.2, 0.25) is 0 Å². The summed E-state index contributed by atoms with van der Waals surface area (Å²) in [5, 5.41) is 2.54. The van der Waals surface area contributed by atoms with Gasteiger partial charge in [0.15, 0.2) is 11.5 Å². The van der Waals surface area contributed by atoms with Crippen molar-refractivity contribution in [1.29, 1.82) is 0 Å². The maximum atomic E-state index is 13.8. The van der Waals surface area contributed by atoms with Crippen LogP contribution < -0.4 is 14.8 Å². The number of thiocarbonyl (C=S) groups is 1. The topological polar surface area (TPSA) is 64.6 Å². The molecule has 8 heteroatoms. The van der Waals surface area contributed by atoms with Crippen LogP contribution in [-0.2, 0) is 4.79 Å². The summed E-state index contributed by atoms with van der Waals surface area (Å²) in [5.74, 6) is -1.29. The van der Waals surface area contributed by atoms with Crippen molar-refractivity contribution in [2.45, 2.75) is 6.92 Å². The fourth-order valence-corrected chi connectivity index (χ4v) is 3.37. The lowest BCUT2D eigenvalue weighted by atomic mass is 10.1. The van der Waals surface area contributed by atoms with Crippen molar-refractivity contribution in [1.82, 2.24) is 5.32 Å². The van der Waals surface area contributed by atoms with Gasteiger partial charge in [-0.2, -0.15) is 0 Å². The first-order valence-corrected chi connectivity index (χ1v) is 9.19. The highest BCUT2D eigenvalue weighted by Crippen LogP contribution is 2.32. The van der Waals surface area contributed by atoms with Gasteiger partial charge in [0.05, 0.1) is 17.1 Å². The number of hydrogen-bond donors (Lipinski definition) is 1. The fraction of sp³-hybridized carbons (Fsp3) is 0.105. The van der Waals surface area contributed by atoms with E-state index in [1.165, 1.54) is 36.0 Å². The Morgan fingerprint density at radius 3 is 2.70 bits per heavy atom. The number of rotatable bonds is 5. The lowest BCUT2D eigenvalue weighted by Crippen LogP contribution is -2.17. The first-order valence-electron chi connectivity index (χ1n) is 7.96. The second-order valence-corrected chi connectivity index (χ2v) is 7.08. The number of carbonyl (C=O) groups excluding carboxylic acids is 2. The average Bonchev–Trinajstić information content (AvgIpc) is 2.95. The number of halogens is 1. The Balaban J connectivity index is 1.87. The molecule has 0 unspecified atom stereocenters. The van der Waals surface area contributed by atoms with Gasteiger partial charge >= 0.3 is 5.97 Å². The van der Waals surface area contributed by atoms with E-state index in [4.69, 9.17) is 21.7 Å². The predicted molar refractivity (Wildman–Crippen MR) is 105 cm³/mol. The molecule has 0 aliphatic carbocycles. The van der Waals surface area contributed by atoms with Gasteiger partial charge in [-0.1, -0.05) is 42.2 Å². The maximum Gasteiger partial charge on any atom is 0.346 e. The summed E-state index contributed by atoms with van der Waals surface area (Å²) in [6.07, 6.45) is 1.66. The minimum Gasteiger partial charge on any atom is -0.490 e. The Labute approximate surface area is 164 Å². The highest BCUT2D eigenvalue weighted by atomic mass is 32.2. The number of carbonyl (C=O) groups is 2. The Kier molecular flexibility index (Phi) is 5.88. The molecule has 1 aliphatic rings. The molecule has 1 fully saturated rings. The van der Waals surface area contributed by atoms with Gasteiger partial charge in [-0.15, -0.1) is 0 Å². The predicted octanol–water partition coefficient (Wildman–Crippen LogP) is 3.93. The zero-order chi connectivity index (χ0) is 19.4. The number of esters is 1. The monoisotopic (exact) mass is 403 g/mol. The molecule has 5 nitrogen and oxygen atoms in total. The number of thioether (sulfide) groups is 1. The summed E-state index contributed by atoms with van der Waals surface area (Å²) in [6, 6.07) is 10.4. The van der Waals surface area contributed by atoms with Gasteiger partial charge in [0.25, 0.3) is 5.91 Å². The van der Waals surface area contributed by atoms with Crippen LogP contribution in [0.1, 0.15) is 22.8 Å². The molecule has 0 atom stereocenters. The number of nitrogens with one attached hydrogen (secondary N) is 1. The molecule has 1 amide bonds. The van der Waals surface area contributed by atoms with Crippen LogP contribution in [0.25, 0.3) is 6.08 Å². The molecular formula is C19H14FNO4S2. The van der Waals surface area contributed by atoms with Crippen LogP contribution in [0.3, 0.4) is 0 Å². The Morgan fingerprint density at radius 2 is 2.04 bits per heavy atom. The quantitative estimate of drug-likeness (QED) is 0.353. The second-order valence-electron chi connectivity index (χ2n) is 5.36. The summed E-state index contributed by atoms with van der Waals surface area (Å²) < 4.78 is 25.0. The smallest absolute Gasteiger partial charge is 0.346 e. The zero-order valence-electron chi connectivity index (χ0n) is 14.2. The lowest BCUT2D eigenvalue weighted by Gasteiger charge is -2.12. The Morgan fingerprint density at radius 1 is 1.26 bits per heavy atom. The first kappa shape index (κ1) is 19.1. The molecule has 0 saturated carbocycles. The Hall–Kier alpha value is -2.71. The molecular weight excluding hydrogens is 389 g/mol. The van der Waals surface area contributed by atoms with Crippen molar-refractivity contribution in [2.75, 3.05) is 6.61 Å². The zero-order valence-corrected chi connectivity index (χ0v) is 15.8. The summed E-state index contributed by atoms with van der Waals surface area (Å²) in [5.41, 5.74) is 0.505. The van der Waals surface area contributed by atoms with Crippen LogP contribution in [0.4, 0.5) is 4.39 Å². The summed E-state index contributed by atoms with van der Waals surface area (Å²) in [4.78, 5) is 24.5. The SMILES string of the molecule is CCOc1cc(/C=C2\SC(=S)NC2=O)ccc1OC(=O)c1ccccc1F. The fourth-order valence-electron chi connectivity index (χ4n) is 2.32. The van der Waals surface area contributed by atoms with E-state index in [0.29, 0.717) is 27.1 Å². The van der Waals surface area contributed by atoms with E-state index in [1.807, 2.05) is 0 Å². The van der Waals surface area contributed by atoms with Gasteiger partial charge in [-0.25, -0.2) is 9.18 Å². The number of ether oxygens (including phenoxy) is 2. The van der Waals surface area contributed by atoms with Gasteiger partial charge in [0.2, 0.25) is 0 Å². The average molecular weight is 403 g/mol. The Bertz CT molecular complexity index is 958. The van der Waals surface area contributed by atoms with E-state index in [0.717, 1.165) is 0 Å². The standard InChI is InChI=1S/C19H14FNO4S2/c1-2-24-15-9-11(10-16-17(22)21-19(26)27-16)7-8-14(15)25-18(23)12-5-3-4-6-13(12)20/h3-10H,2H2,1H3,(H,21,22,26)/b16-10-. The molecule has 1 saturated heterocycles. The molecule has 1 aliphatic heterocycles. The summed E-state index contributed by atoms with van der Waals surface area (Å²) in [6.45, 7) is 2.12. The van der Waals surface area contributed by atoms with Gasteiger partial charge in [-0.3, -0.25) is 4.79 Å². The van der Waals surface area contributed by atoms with Crippen LogP contribution in [0, 0.1) is 5.82 Å². The molecule has 1 N–H and O–H groups in total. The number of amides is 1. The van der Waals surface area contributed by atoms with E-state index < -0.39 is 11.8 Å². The molecule has 0 bridgehead atoms.